The first-order valence-corrected chi connectivity index (χ1v) is 8.97. The second kappa shape index (κ2) is 6.77. The largest absolute Gasteiger partial charge is 0.507 e. The fourth-order valence-electron chi connectivity index (χ4n) is 2.74. The first-order valence-electron chi connectivity index (χ1n) is 8.18. The number of aromatic amines is 1. The van der Waals surface area contributed by atoms with Crippen LogP contribution in [0.4, 0.5) is 5.69 Å². The van der Waals surface area contributed by atoms with E-state index >= 15 is 0 Å². The van der Waals surface area contributed by atoms with Crippen LogP contribution >= 0.6 is 15.9 Å². The van der Waals surface area contributed by atoms with Crippen LogP contribution in [0, 0.1) is 6.92 Å². The maximum Gasteiger partial charge on any atom is 0.142 e. The van der Waals surface area contributed by atoms with Gasteiger partial charge in [-0.05, 0) is 60.5 Å². The highest BCUT2D eigenvalue weighted by Crippen LogP contribution is 2.32. The number of H-pyrrole nitrogens is 1. The number of halogens is 1. The van der Waals surface area contributed by atoms with Crippen molar-refractivity contribution in [2.75, 3.05) is 0 Å². The second-order valence-electron chi connectivity index (χ2n) is 6.12. The molecule has 0 bridgehead atoms. The number of hydrogen-bond acceptors (Lipinski definition) is 3. The molecule has 2 N–H and O–H groups in total. The molecule has 0 fully saturated rings. The molecule has 4 aromatic rings. The SMILES string of the molecule is Cc1ccc2nc(-c3cc(N=Cc4ccc(Br)cc4)ccc3O)[nH]c2c1. The lowest BCUT2D eigenvalue weighted by molar-refractivity contribution is 0.477. The Kier molecular flexibility index (Phi) is 4.31. The van der Waals surface area contributed by atoms with E-state index in [1.807, 2.05) is 55.5 Å². The molecule has 1 aromatic heterocycles. The summed E-state index contributed by atoms with van der Waals surface area (Å²) in [5, 5.41) is 10.3. The molecule has 3 aromatic carbocycles. The number of nitrogens with one attached hydrogen (secondary N) is 1. The van der Waals surface area contributed by atoms with Gasteiger partial charge < -0.3 is 10.1 Å². The number of rotatable bonds is 3. The van der Waals surface area contributed by atoms with Gasteiger partial charge in [0, 0.05) is 10.7 Å². The third-order valence-corrected chi connectivity index (χ3v) is 4.63. The molecule has 5 heteroatoms. The zero-order valence-corrected chi connectivity index (χ0v) is 15.7. The summed E-state index contributed by atoms with van der Waals surface area (Å²) in [5.74, 6) is 0.798. The predicted octanol–water partition coefficient (Wildman–Crippen LogP) is 5.76. The van der Waals surface area contributed by atoms with Gasteiger partial charge in [-0.1, -0.05) is 34.1 Å². The van der Waals surface area contributed by atoms with Gasteiger partial charge in [-0.15, -0.1) is 0 Å². The Morgan fingerprint density at radius 2 is 1.85 bits per heavy atom. The van der Waals surface area contributed by atoms with Crippen LogP contribution in [0.1, 0.15) is 11.1 Å². The fourth-order valence-corrected chi connectivity index (χ4v) is 3.01. The third kappa shape index (κ3) is 3.39. The molecule has 0 aliphatic rings. The van der Waals surface area contributed by atoms with Crippen molar-refractivity contribution < 1.29 is 5.11 Å². The Labute approximate surface area is 159 Å². The van der Waals surface area contributed by atoms with Gasteiger partial charge in [-0.2, -0.15) is 0 Å². The van der Waals surface area contributed by atoms with Crippen LogP contribution in [0.3, 0.4) is 0 Å². The summed E-state index contributed by atoms with van der Waals surface area (Å²) in [7, 11) is 0. The van der Waals surface area contributed by atoms with Crippen LogP contribution < -0.4 is 0 Å². The van der Waals surface area contributed by atoms with Crippen molar-refractivity contribution >= 4 is 38.9 Å². The lowest BCUT2D eigenvalue weighted by Crippen LogP contribution is -1.83. The maximum atomic E-state index is 10.3. The van der Waals surface area contributed by atoms with E-state index < -0.39 is 0 Å². The molecule has 26 heavy (non-hydrogen) atoms. The highest BCUT2D eigenvalue weighted by Gasteiger charge is 2.10. The Morgan fingerprint density at radius 1 is 1.04 bits per heavy atom. The normalized spacial score (nSPS) is 11.5. The Morgan fingerprint density at radius 3 is 2.65 bits per heavy atom. The highest BCUT2D eigenvalue weighted by atomic mass is 79.9. The average Bonchev–Trinajstić information content (AvgIpc) is 3.05. The van der Waals surface area contributed by atoms with Crippen molar-refractivity contribution in [2.24, 2.45) is 4.99 Å². The molecule has 128 valence electrons. The molecule has 0 spiro atoms. The van der Waals surface area contributed by atoms with E-state index in [9.17, 15) is 5.11 Å². The molecule has 0 radical (unpaired) electrons. The second-order valence-corrected chi connectivity index (χ2v) is 7.03. The monoisotopic (exact) mass is 405 g/mol. The molecule has 0 amide bonds. The number of phenolic OH excluding ortho intramolecular Hbond substituents is 1. The van der Waals surface area contributed by atoms with Crippen LogP contribution in [0.2, 0.25) is 0 Å². The number of phenols is 1. The van der Waals surface area contributed by atoms with Crippen molar-refractivity contribution in [3.8, 4) is 17.1 Å². The van der Waals surface area contributed by atoms with Crippen molar-refractivity contribution in [3.63, 3.8) is 0 Å². The van der Waals surface area contributed by atoms with E-state index in [1.54, 1.807) is 18.3 Å². The summed E-state index contributed by atoms with van der Waals surface area (Å²) >= 11 is 3.42. The maximum absolute atomic E-state index is 10.3. The van der Waals surface area contributed by atoms with Gasteiger partial charge in [0.2, 0.25) is 0 Å². The molecule has 4 nitrogen and oxygen atoms in total. The standard InChI is InChI=1S/C21H16BrN3O/c1-13-2-8-18-19(10-13)25-21(24-18)17-11-16(7-9-20(17)26)23-12-14-3-5-15(22)6-4-14/h2-12,26H,1H3,(H,24,25). The molecule has 0 unspecified atom stereocenters. The van der Waals surface area contributed by atoms with Crippen LogP contribution in [-0.4, -0.2) is 21.3 Å². The molecule has 0 aliphatic heterocycles. The molecule has 1 heterocycles. The van der Waals surface area contributed by atoms with Crippen molar-refractivity contribution in [1.82, 2.24) is 9.97 Å². The quantitative estimate of drug-likeness (QED) is 0.425. The Balaban J connectivity index is 1.70. The van der Waals surface area contributed by atoms with Gasteiger partial charge in [0.15, 0.2) is 0 Å². The summed E-state index contributed by atoms with van der Waals surface area (Å²) in [5.41, 5.74) is 5.35. The predicted molar refractivity (Wildman–Crippen MR) is 109 cm³/mol. The first-order chi connectivity index (χ1) is 12.6. The summed E-state index contributed by atoms with van der Waals surface area (Å²) in [6.45, 7) is 2.04. The molecule has 0 saturated heterocycles. The molecule has 0 atom stereocenters. The number of aromatic hydroxyl groups is 1. The van der Waals surface area contributed by atoms with Gasteiger partial charge in [0.05, 0.1) is 22.3 Å². The van der Waals surface area contributed by atoms with Gasteiger partial charge >= 0.3 is 0 Å². The third-order valence-electron chi connectivity index (χ3n) is 4.11. The number of aromatic nitrogens is 2. The van der Waals surface area contributed by atoms with E-state index in [2.05, 4.69) is 30.9 Å². The first kappa shape index (κ1) is 16.5. The Hall–Kier alpha value is -2.92. The number of aliphatic imine (C=N–C) groups is 1. The molecule has 0 aliphatic carbocycles. The fraction of sp³-hybridized carbons (Fsp3) is 0.0476. The zero-order chi connectivity index (χ0) is 18.1. The summed E-state index contributed by atoms with van der Waals surface area (Å²) in [4.78, 5) is 12.4. The van der Waals surface area contributed by atoms with Crippen LogP contribution in [0.5, 0.6) is 5.75 Å². The number of aryl methyl sites for hydroxylation is 1. The van der Waals surface area contributed by atoms with E-state index in [0.29, 0.717) is 11.4 Å². The van der Waals surface area contributed by atoms with Crippen LogP contribution in [-0.2, 0) is 0 Å². The Bertz CT molecular complexity index is 1110. The number of hydrogen-bond donors (Lipinski definition) is 2. The summed E-state index contributed by atoms with van der Waals surface area (Å²) in [6, 6.07) is 19.2. The number of nitrogens with zero attached hydrogens (tertiary/aromatic N) is 2. The van der Waals surface area contributed by atoms with E-state index in [-0.39, 0.29) is 5.75 Å². The van der Waals surface area contributed by atoms with Crippen LogP contribution in [0.15, 0.2) is 70.1 Å². The van der Waals surface area contributed by atoms with Crippen molar-refractivity contribution in [1.29, 1.82) is 0 Å². The van der Waals surface area contributed by atoms with Crippen LogP contribution in [0.25, 0.3) is 22.4 Å². The lowest BCUT2D eigenvalue weighted by atomic mass is 10.1. The minimum atomic E-state index is 0.170. The molecule has 4 rings (SSSR count). The lowest BCUT2D eigenvalue weighted by Gasteiger charge is -2.03. The summed E-state index contributed by atoms with van der Waals surface area (Å²) < 4.78 is 1.03. The highest BCUT2D eigenvalue weighted by molar-refractivity contribution is 9.10. The zero-order valence-electron chi connectivity index (χ0n) is 14.1. The molecular weight excluding hydrogens is 390 g/mol. The minimum Gasteiger partial charge on any atom is -0.507 e. The van der Waals surface area contributed by atoms with Gasteiger partial charge in [-0.25, -0.2) is 4.98 Å². The number of fused-ring (bicyclic) bond motifs is 1. The minimum absolute atomic E-state index is 0.170. The number of benzene rings is 3. The van der Waals surface area contributed by atoms with E-state index in [4.69, 9.17) is 0 Å². The number of imidazole rings is 1. The van der Waals surface area contributed by atoms with Gasteiger partial charge in [0.25, 0.3) is 0 Å². The average molecular weight is 406 g/mol. The van der Waals surface area contributed by atoms with E-state index in [1.165, 1.54) is 0 Å². The van der Waals surface area contributed by atoms with Crippen molar-refractivity contribution in [2.45, 2.75) is 6.92 Å². The van der Waals surface area contributed by atoms with Gasteiger partial charge in [-0.3, -0.25) is 4.99 Å². The van der Waals surface area contributed by atoms with E-state index in [0.717, 1.165) is 32.3 Å². The summed E-state index contributed by atoms with van der Waals surface area (Å²) in [6.07, 6.45) is 1.80. The smallest absolute Gasteiger partial charge is 0.142 e. The molecule has 0 saturated carbocycles. The molecular formula is C21H16BrN3O. The topological polar surface area (TPSA) is 61.3 Å². The van der Waals surface area contributed by atoms with Gasteiger partial charge in [0.1, 0.15) is 11.6 Å². The van der Waals surface area contributed by atoms with Crippen molar-refractivity contribution in [3.05, 3.63) is 76.3 Å².